The first kappa shape index (κ1) is 35.9. The van der Waals surface area contributed by atoms with E-state index in [1.165, 1.54) is 34.6 Å². The maximum atomic E-state index is 13.6. The van der Waals surface area contributed by atoms with Crippen molar-refractivity contribution in [2.75, 3.05) is 24.7 Å². The lowest BCUT2D eigenvalue weighted by Gasteiger charge is -2.26. The van der Waals surface area contributed by atoms with Gasteiger partial charge in [0.05, 0.1) is 36.5 Å². The van der Waals surface area contributed by atoms with Crippen molar-refractivity contribution in [1.82, 2.24) is 10.6 Å². The number of amides is 4. The Morgan fingerprint density at radius 1 is 0.725 bits per heavy atom. The Balaban J connectivity index is 3.71. The summed E-state index contributed by atoms with van der Waals surface area (Å²) in [6.07, 6.45) is -0.655. The molecule has 1 aromatic rings. The first-order valence-electron chi connectivity index (χ1n) is 11.5. The molecule has 1 aromatic carbocycles. The highest BCUT2D eigenvalue weighted by molar-refractivity contribution is 14.1. The number of hydrogen-bond donors (Lipinski definition) is 2. The number of halogens is 3. The summed E-state index contributed by atoms with van der Waals surface area (Å²) in [5, 5.41) is 5.26. The van der Waals surface area contributed by atoms with Gasteiger partial charge in [-0.2, -0.15) is 0 Å². The maximum absolute atomic E-state index is 13.6. The summed E-state index contributed by atoms with van der Waals surface area (Å²) in [4.78, 5) is 86.7. The topological polar surface area (TPSA) is 174 Å². The third-order valence-electron chi connectivity index (χ3n) is 4.83. The summed E-state index contributed by atoms with van der Waals surface area (Å²) in [6, 6.07) is -0.951. The first-order valence-corrected chi connectivity index (χ1v) is 14.8. The molecular formula is C24H28I3N3O10. The minimum absolute atomic E-state index is 0.000753. The van der Waals surface area contributed by atoms with E-state index < -0.39 is 53.7 Å². The number of nitrogens with zero attached hydrogens (tertiary/aromatic N) is 1. The molecule has 0 saturated carbocycles. The molecule has 0 fully saturated rings. The number of benzene rings is 1. The molecule has 220 valence electrons. The lowest BCUT2D eigenvalue weighted by molar-refractivity contribution is -0.146. The van der Waals surface area contributed by atoms with Crippen LogP contribution in [0.1, 0.15) is 62.3 Å². The highest BCUT2D eigenvalue weighted by atomic mass is 127. The lowest BCUT2D eigenvalue weighted by Crippen LogP contribution is -2.43. The van der Waals surface area contributed by atoms with Gasteiger partial charge in [0.25, 0.3) is 11.8 Å². The summed E-state index contributed by atoms with van der Waals surface area (Å²) in [7, 11) is 0. The zero-order valence-corrected chi connectivity index (χ0v) is 28.9. The van der Waals surface area contributed by atoms with Gasteiger partial charge < -0.3 is 24.8 Å². The number of anilines is 1. The van der Waals surface area contributed by atoms with Gasteiger partial charge in [-0.05, 0) is 74.7 Å². The van der Waals surface area contributed by atoms with Crippen LogP contribution in [0.5, 0.6) is 0 Å². The molecule has 13 nitrogen and oxygen atoms in total. The quantitative estimate of drug-likeness (QED) is 0.191. The molecular weight excluding hydrogens is 871 g/mol. The number of ether oxygens (including phenoxy) is 3. The van der Waals surface area contributed by atoms with Crippen molar-refractivity contribution in [3.8, 4) is 0 Å². The van der Waals surface area contributed by atoms with Gasteiger partial charge in [0.2, 0.25) is 11.8 Å². The van der Waals surface area contributed by atoms with Crippen molar-refractivity contribution in [3.63, 3.8) is 0 Å². The van der Waals surface area contributed by atoms with Gasteiger partial charge in [0.1, 0.15) is 19.3 Å². The molecule has 1 atom stereocenters. The smallest absolute Gasteiger partial charge is 0.302 e. The summed E-state index contributed by atoms with van der Waals surface area (Å²) in [6.45, 7) is 6.81. The van der Waals surface area contributed by atoms with E-state index >= 15 is 0 Å². The van der Waals surface area contributed by atoms with Gasteiger partial charge in [0.15, 0.2) is 0 Å². The Morgan fingerprint density at radius 2 is 1.18 bits per heavy atom. The van der Waals surface area contributed by atoms with E-state index in [4.69, 9.17) is 14.2 Å². The van der Waals surface area contributed by atoms with Crippen LogP contribution in [0.25, 0.3) is 0 Å². The van der Waals surface area contributed by atoms with Crippen molar-refractivity contribution < 1.29 is 47.8 Å². The van der Waals surface area contributed by atoms with Crippen molar-refractivity contribution in [2.45, 2.75) is 53.7 Å². The average molecular weight is 899 g/mol. The van der Waals surface area contributed by atoms with E-state index in [0.717, 1.165) is 4.90 Å². The van der Waals surface area contributed by atoms with Gasteiger partial charge in [-0.3, -0.25) is 33.6 Å². The van der Waals surface area contributed by atoms with Crippen molar-refractivity contribution in [3.05, 3.63) is 21.8 Å². The highest BCUT2D eigenvalue weighted by Gasteiger charge is 2.33. The summed E-state index contributed by atoms with van der Waals surface area (Å²) in [5.74, 6) is -4.46. The van der Waals surface area contributed by atoms with Gasteiger partial charge >= 0.3 is 17.9 Å². The number of imide groups is 1. The second kappa shape index (κ2) is 16.4. The zero-order valence-electron chi connectivity index (χ0n) is 22.4. The highest BCUT2D eigenvalue weighted by Crippen LogP contribution is 2.38. The standard InChI is InChI=1S/C24H28I3N3O10/c1-10(40-15(6)35)7-28-23(36)17-19(25)18(21(27)22(20(17)26)30(11(2)31)12(3)32)24(37)29-16(8-38-13(4)33)9-39-14(5)34/h10,16H,7-9H2,1-6H3,(H,28,36)(H,29,37). The van der Waals surface area contributed by atoms with E-state index in [1.807, 2.05) is 67.8 Å². The average Bonchev–Trinajstić information content (AvgIpc) is 2.80. The zero-order chi connectivity index (χ0) is 30.9. The fourth-order valence-electron chi connectivity index (χ4n) is 3.26. The second-order valence-electron chi connectivity index (χ2n) is 8.32. The predicted molar refractivity (Wildman–Crippen MR) is 167 cm³/mol. The number of carbonyl (C=O) groups is 7. The van der Waals surface area contributed by atoms with Gasteiger partial charge in [-0.15, -0.1) is 0 Å². The van der Waals surface area contributed by atoms with E-state index in [0.29, 0.717) is 0 Å². The fourth-order valence-corrected chi connectivity index (χ4v) is 7.89. The monoisotopic (exact) mass is 899 g/mol. The van der Waals surface area contributed by atoms with Gasteiger partial charge in [-0.25, -0.2) is 4.90 Å². The number of carbonyl (C=O) groups excluding carboxylic acids is 7. The Bertz CT molecular complexity index is 1190. The van der Waals surface area contributed by atoms with Crippen molar-refractivity contribution >= 4 is 115 Å². The molecule has 0 aromatic heterocycles. The molecule has 0 aliphatic rings. The predicted octanol–water partition coefficient (Wildman–Crippen LogP) is 2.31. The molecule has 0 aliphatic carbocycles. The van der Waals surface area contributed by atoms with E-state index in [-0.39, 0.29) is 47.3 Å². The van der Waals surface area contributed by atoms with E-state index in [2.05, 4.69) is 10.6 Å². The summed E-state index contributed by atoms with van der Waals surface area (Å²) >= 11 is 5.44. The van der Waals surface area contributed by atoms with Crippen LogP contribution in [0, 0.1) is 10.7 Å². The SMILES string of the molecule is CC(=O)OCC(COC(C)=O)NC(=O)c1c(I)c(C(=O)NCC(C)OC(C)=O)c(I)c(N(C(C)=O)C(C)=O)c1I. The van der Waals surface area contributed by atoms with Crippen LogP contribution in [-0.4, -0.2) is 73.4 Å². The lowest BCUT2D eigenvalue weighted by atomic mass is 10.1. The van der Waals surface area contributed by atoms with Crippen LogP contribution in [0.2, 0.25) is 0 Å². The number of esters is 3. The largest absolute Gasteiger partial charge is 0.464 e. The molecule has 2 N–H and O–H groups in total. The molecule has 0 heterocycles. The molecule has 1 unspecified atom stereocenters. The maximum Gasteiger partial charge on any atom is 0.302 e. The van der Waals surface area contributed by atoms with Gasteiger partial charge in [-0.1, -0.05) is 0 Å². The molecule has 40 heavy (non-hydrogen) atoms. The van der Waals surface area contributed by atoms with E-state index in [9.17, 15) is 33.6 Å². The number of nitrogens with one attached hydrogen (secondary N) is 2. The van der Waals surface area contributed by atoms with Crippen LogP contribution < -0.4 is 15.5 Å². The van der Waals surface area contributed by atoms with Crippen molar-refractivity contribution in [2.24, 2.45) is 0 Å². The van der Waals surface area contributed by atoms with Crippen LogP contribution in [-0.2, 0) is 38.2 Å². The number of hydrogen-bond acceptors (Lipinski definition) is 10. The molecule has 0 bridgehead atoms. The molecule has 0 radical (unpaired) electrons. The molecule has 1 rings (SSSR count). The van der Waals surface area contributed by atoms with Crippen LogP contribution >= 0.6 is 67.8 Å². The van der Waals surface area contributed by atoms with E-state index in [1.54, 1.807) is 6.92 Å². The molecule has 0 saturated heterocycles. The van der Waals surface area contributed by atoms with Crippen LogP contribution in [0.3, 0.4) is 0 Å². The normalized spacial score (nSPS) is 11.2. The van der Waals surface area contributed by atoms with Crippen LogP contribution in [0.4, 0.5) is 5.69 Å². The summed E-state index contributed by atoms with van der Waals surface area (Å²) in [5.41, 5.74) is -0.0137. The number of rotatable bonds is 11. The Morgan fingerprint density at radius 3 is 1.57 bits per heavy atom. The third kappa shape index (κ3) is 10.4. The Labute approximate surface area is 271 Å². The van der Waals surface area contributed by atoms with Gasteiger partial charge in [0, 0.05) is 38.2 Å². The second-order valence-corrected chi connectivity index (χ2v) is 11.6. The first-order chi connectivity index (χ1) is 18.5. The third-order valence-corrected chi connectivity index (χ3v) is 8.01. The molecule has 4 amide bonds. The molecule has 0 aliphatic heterocycles. The Kier molecular flexibility index (Phi) is 14.7. The minimum Gasteiger partial charge on any atom is -0.464 e. The fraction of sp³-hybridized carbons (Fsp3) is 0.458. The van der Waals surface area contributed by atoms with Crippen molar-refractivity contribution in [1.29, 1.82) is 0 Å². The molecule has 16 heteroatoms. The summed E-state index contributed by atoms with van der Waals surface area (Å²) < 4.78 is 15.6. The van der Waals surface area contributed by atoms with Crippen LogP contribution in [0.15, 0.2) is 0 Å². The Hall–Kier alpha value is -2.10. The minimum atomic E-state index is -0.951. The molecule has 0 spiro atoms.